The van der Waals surface area contributed by atoms with Gasteiger partial charge in [-0.3, -0.25) is 10.1 Å². The first-order chi connectivity index (χ1) is 14.7. The summed E-state index contributed by atoms with van der Waals surface area (Å²) in [6.07, 6.45) is -2.55. The molecule has 1 fully saturated rings. The molecule has 0 bridgehead atoms. The standard InChI is InChI=1S/C21H21BrF3N3O2S/c1-2-30-18-8-5-13(11-15(18)22)19(29)27-20(31)26-16-12-14(21(23,24)25)6-7-17(16)28-9-3-4-10-28/h5-8,11-12H,2-4,9-10H2,1H3,(H2,26,27,29,31). The molecule has 2 N–H and O–H groups in total. The van der Waals surface area contributed by atoms with Crippen LogP contribution in [-0.2, 0) is 6.18 Å². The smallest absolute Gasteiger partial charge is 0.416 e. The summed E-state index contributed by atoms with van der Waals surface area (Å²) in [6, 6.07) is 8.32. The number of halogens is 4. The second-order valence-corrected chi connectivity index (χ2v) is 8.17. The normalized spacial score (nSPS) is 13.8. The molecule has 0 aliphatic carbocycles. The van der Waals surface area contributed by atoms with Crippen LogP contribution in [0.5, 0.6) is 5.75 Å². The van der Waals surface area contributed by atoms with Gasteiger partial charge in [0.15, 0.2) is 5.11 Å². The predicted octanol–water partition coefficient (Wildman–Crippen LogP) is 5.59. The number of anilines is 2. The number of benzene rings is 2. The SMILES string of the molecule is CCOc1ccc(C(=O)NC(=S)Nc2cc(C(F)(F)F)ccc2N2CCCC2)cc1Br. The fraction of sp³-hybridized carbons (Fsp3) is 0.333. The van der Waals surface area contributed by atoms with Gasteiger partial charge in [-0.25, -0.2) is 0 Å². The van der Waals surface area contributed by atoms with Crippen molar-refractivity contribution in [3.63, 3.8) is 0 Å². The van der Waals surface area contributed by atoms with E-state index in [0.29, 0.717) is 28.1 Å². The highest BCUT2D eigenvalue weighted by Crippen LogP contribution is 2.36. The highest BCUT2D eigenvalue weighted by molar-refractivity contribution is 9.10. The molecule has 1 aliphatic heterocycles. The van der Waals surface area contributed by atoms with Gasteiger partial charge in [-0.1, -0.05) is 0 Å². The van der Waals surface area contributed by atoms with Crippen molar-refractivity contribution in [2.75, 3.05) is 29.9 Å². The zero-order valence-corrected chi connectivity index (χ0v) is 19.1. The van der Waals surface area contributed by atoms with Crippen molar-refractivity contribution < 1.29 is 22.7 Å². The first-order valence-electron chi connectivity index (χ1n) is 9.70. The number of ether oxygens (including phenoxy) is 1. The Morgan fingerprint density at radius 1 is 1.19 bits per heavy atom. The maximum atomic E-state index is 13.2. The van der Waals surface area contributed by atoms with Gasteiger partial charge in [-0.15, -0.1) is 0 Å². The van der Waals surface area contributed by atoms with E-state index in [-0.39, 0.29) is 10.8 Å². The summed E-state index contributed by atoms with van der Waals surface area (Å²) < 4.78 is 45.7. The van der Waals surface area contributed by atoms with Crippen LogP contribution in [-0.4, -0.2) is 30.7 Å². The summed E-state index contributed by atoms with van der Waals surface area (Å²) in [5, 5.41) is 5.20. The molecule has 0 spiro atoms. The molecule has 1 amide bonds. The second-order valence-electron chi connectivity index (χ2n) is 6.91. The van der Waals surface area contributed by atoms with E-state index in [4.69, 9.17) is 17.0 Å². The number of carbonyl (C=O) groups excluding carboxylic acids is 1. The van der Waals surface area contributed by atoms with Crippen LogP contribution in [0.25, 0.3) is 0 Å². The molecule has 1 aliphatic rings. The molecule has 0 saturated carbocycles. The average molecular weight is 516 g/mol. The van der Waals surface area contributed by atoms with E-state index in [2.05, 4.69) is 26.6 Å². The van der Waals surface area contributed by atoms with E-state index in [1.807, 2.05) is 11.8 Å². The molecule has 1 saturated heterocycles. The fourth-order valence-electron chi connectivity index (χ4n) is 3.29. The van der Waals surface area contributed by atoms with Crippen LogP contribution in [0.1, 0.15) is 35.7 Å². The Hall–Kier alpha value is -2.33. The number of hydrogen-bond acceptors (Lipinski definition) is 4. The summed E-state index contributed by atoms with van der Waals surface area (Å²) in [7, 11) is 0. The topological polar surface area (TPSA) is 53.6 Å². The highest BCUT2D eigenvalue weighted by Gasteiger charge is 2.32. The van der Waals surface area contributed by atoms with Gasteiger partial charge in [-0.05, 0) is 84.3 Å². The zero-order valence-electron chi connectivity index (χ0n) is 16.7. The first kappa shape index (κ1) is 23.3. The number of hydrogen-bond donors (Lipinski definition) is 2. The Labute approximate surface area is 192 Å². The van der Waals surface area contributed by atoms with Crippen LogP contribution >= 0.6 is 28.1 Å². The van der Waals surface area contributed by atoms with E-state index in [1.165, 1.54) is 6.07 Å². The lowest BCUT2D eigenvalue weighted by Gasteiger charge is -2.23. The molecular weight excluding hydrogens is 495 g/mol. The van der Waals surface area contributed by atoms with Gasteiger partial charge in [0.2, 0.25) is 0 Å². The number of alkyl halides is 3. The lowest BCUT2D eigenvalue weighted by molar-refractivity contribution is -0.137. The van der Waals surface area contributed by atoms with E-state index >= 15 is 0 Å². The Bertz CT molecular complexity index is 979. The minimum Gasteiger partial charge on any atom is -0.493 e. The van der Waals surface area contributed by atoms with Gasteiger partial charge >= 0.3 is 6.18 Å². The van der Waals surface area contributed by atoms with Crippen LogP contribution in [0.15, 0.2) is 40.9 Å². The molecule has 5 nitrogen and oxygen atoms in total. The minimum absolute atomic E-state index is 0.0882. The monoisotopic (exact) mass is 515 g/mol. The van der Waals surface area contributed by atoms with E-state index in [0.717, 1.165) is 38.1 Å². The van der Waals surface area contributed by atoms with Gasteiger partial charge in [-0.2, -0.15) is 13.2 Å². The van der Waals surface area contributed by atoms with Crippen LogP contribution in [0, 0.1) is 0 Å². The molecule has 10 heteroatoms. The average Bonchev–Trinajstić information content (AvgIpc) is 3.23. The molecule has 2 aromatic rings. The van der Waals surface area contributed by atoms with Crippen LogP contribution < -0.4 is 20.3 Å². The van der Waals surface area contributed by atoms with Crippen molar-refractivity contribution in [3.8, 4) is 5.75 Å². The van der Waals surface area contributed by atoms with Gasteiger partial charge < -0.3 is 15.0 Å². The molecule has 0 aromatic heterocycles. The molecule has 2 aromatic carbocycles. The number of thiocarbonyl (C=S) groups is 1. The van der Waals surface area contributed by atoms with Crippen molar-refractivity contribution in [3.05, 3.63) is 52.0 Å². The summed E-state index contributed by atoms with van der Waals surface area (Å²) >= 11 is 8.55. The lowest BCUT2D eigenvalue weighted by atomic mass is 10.1. The molecule has 31 heavy (non-hydrogen) atoms. The molecule has 166 valence electrons. The fourth-order valence-corrected chi connectivity index (χ4v) is 3.99. The summed E-state index contributed by atoms with van der Waals surface area (Å²) in [6.45, 7) is 3.83. The Morgan fingerprint density at radius 2 is 1.90 bits per heavy atom. The summed E-state index contributed by atoms with van der Waals surface area (Å²) in [4.78, 5) is 14.5. The van der Waals surface area contributed by atoms with Crippen molar-refractivity contribution >= 4 is 50.5 Å². The quantitative estimate of drug-likeness (QED) is 0.508. The number of nitrogens with one attached hydrogen (secondary N) is 2. The van der Waals surface area contributed by atoms with E-state index < -0.39 is 17.6 Å². The Kier molecular flexibility index (Phi) is 7.42. The number of rotatable bonds is 5. The molecule has 0 atom stereocenters. The van der Waals surface area contributed by atoms with Gasteiger partial charge in [0.05, 0.1) is 28.0 Å². The molecule has 3 rings (SSSR count). The van der Waals surface area contributed by atoms with Crippen molar-refractivity contribution in [2.24, 2.45) is 0 Å². The van der Waals surface area contributed by atoms with Crippen LogP contribution in [0.2, 0.25) is 0 Å². The zero-order chi connectivity index (χ0) is 22.6. The number of amides is 1. The first-order valence-corrected chi connectivity index (χ1v) is 10.9. The maximum Gasteiger partial charge on any atom is 0.416 e. The van der Waals surface area contributed by atoms with Crippen molar-refractivity contribution in [1.82, 2.24) is 5.32 Å². The highest BCUT2D eigenvalue weighted by atomic mass is 79.9. The predicted molar refractivity (Wildman–Crippen MR) is 122 cm³/mol. The lowest BCUT2D eigenvalue weighted by Crippen LogP contribution is -2.34. The number of carbonyl (C=O) groups is 1. The largest absolute Gasteiger partial charge is 0.493 e. The Morgan fingerprint density at radius 3 is 2.52 bits per heavy atom. The summed E-state index contributed by atoms with van der Waals surface area (Å²) in [5.41, 5.74) is 0.353. The molecule has 1 heterocycles. The van der Waals surface area contributed by atoms with E-state index in [9.17, 15) is 18.0 Å². The number of nitrogens with zero attached hydrogens (tertiary/aromatic N) is 1. The summed E-state index contributed by atoms with van der Waals surface area (Å²) in [5.74, 6) is 0.106. The van der Waals surface area contributed by atoms with Crippen molar-refractivity contribution in [2.45, 2.75) is 25.9 Å². The van der Waals surface area contributed by atoms with Crippen LogP contribution in [0.3, 0.4) is 0 Å². The minimum atomic E-state index is -4.49. The van der Waals surface area contributed by atoms with Crippen LogP contribution in [0.4, 0.5) is 24.5 Å². The van der Waals surface area contributed by atoms with Gasteiger partial charge in [0.1, 0.15) is 5.75 Å². The Balaban J connectivity index is 1.77. The van der Waals surface area contributed by atoms with E-state index in [1.54, 1.807) is 18.2 Å². The van der Waals surface area contributed by atoms with Crippen molar-refractivity contribution in [1.29, 1.82) is 0 Å². The third-order valence-corrected chi connectivity index (χ3v) is 5.56. The second kappa shape index (κ2) is 9.86. The molecule has 0 radical (unpaired) electrons. The van der Waals surface area contributed by atoms with Gasteiger partial charge in [0, 0.05) is 18.7 Å². The molecular formula is C21H21BrF3N3O2S. The third kappa shape index (κ3) is 5.88. The maximum absolute atomic E-state index is 13.2. The van der Waals surface area contributed by atoms with Gasteiger partial charge in [0.25, 0.3) is 5.91 Å². The third-order valence-electron chi connectivity index (χ3n) is 4.74. The molecule has 0 unspecified atom stereocenters.